The molecular formula is C22H27F3N6O2. The predicted octanol–water partition coefficient (Wildman–Crippen LogP) is 3.39. The maximum atomic E-state index is 13.0. The Bertz CT molecular complexity index is 999. The summed E-state index contributed by atoms with van der Waals surface area (Å²) in [7, 11) is 0. The summed E-state index contributed by atoms with van der Waals surface area (Å²) in [5, 5.41) is 5.39. The zero-order valence-corrected chi connectivity index (χ0v) is 18.6. The Kier molecular flexibility index (Phi) is 6.71. The fourth-order valence-corrected chi connectivity index (χ4v) is 4.11. The molecule has 1 atom stereocenters. The van der Waals surface area contributed by atoms with Crippen molar-refractivity contribution in [2.75, 3.05) is 43.1 Å². The number of benzene rings is 1. The Hall–Kier alpha value is -2.92. The number of nitrogens with zero attached hydrogens (tertiary/aromatic N) is 4. The van der Waals surface area contributed by atoms with E-state index in [0.717, 1.165) is 11.1 Å². The van der Waals surface area contributed by atoms with Crippen LogP contribution in [-0.4, -0.2) is 66.0 Å². The highest BCUT2D eigenvalue weighted by atomic mass is 19.4. The van der Waals surface area contributed by atoms with Crippen molar-refractivity contribution in [1.82, 2.24) is 20.2 Å². The second-order valence-corrected chi connectivity index (χ2v) is 8.24. The number of hydrogen-bond acceptors (Lipinski definition) is 6. The molecule has 11 heteroatoms. The van der Waals surface area contributed by atoms with Crippen LogP contribution in [0.5, 0.6) is 0 Å². The Morgan fingerprint density at radius 3 is 2.64 bits per heavy atom. The minimum absolute atomic E-state index is 0.0471. The van der Waals surface area contributed by atoms with Gasteiger partial charge in [-0.2, -0.15) is 13.2 Å². The van der Waals surface area contributed by atoms with Gasteiger partial charge in [0.25, 0.3) is 0 Å². The third-order valence-corrected chi connectivity index (χ3v) is 5.61. The van der Waals surface area contributed by atoms with Gasteiger partial charge in [0.2, 0.25) is 0 Å². The van der Waals surface area contributed by atoms with Crippen molar-refractivity contribution in [3.8, 4) is 11.4 Å². The van der Waals surface area contributed by atoms with Crippen LogP contribution in [0.2, 0.25) is 0 Å². The first-order valence-electron chi connectivity index (χ1n) is 10.9. The van der Waals surface area contributed by atoms with Crippen LogP contribution in [-0.2, 0) is 17.8 Å². The van der Waals surface area contributed by atoms with Crippen LogP contribution in [0.3, 0.4) is 0 Å². The van der Waals surface area contributed by atoms with Crippen molar-refractivity contribution in [1.29, 1.82) is 0 Å². The second kappa shape index (κ2) is 9.52. The molecule has 0 bridgehead atoms. The van der Waals surface area contributed by atoms with Gasteiger partial charge < -0.3 is 20.3 Å². The third kappa shape index (κ3) is 5.53. The molecular weight excluding hydrogens is 437 g/mol. The molecule has 2 aliphatic heterocycles. The second-order valence-electron chi connectivity index (χ2n) is 8.24. The molecule has 0 unspecified atom stereocenters. The normalized spacial score (nSPS) is 18.8. The summed E-state index contributed by atoms with van der Waals surface area (Å²) >= 11 is 0. The molecule has 2 N–H and O–H groups in total. The van der Waals surface area contributed by atoms with Crippen LogP contribution in [0.15, 0.2) is 24.3 Å². The molecule has 1 aromatic carbocycles. The van der Waals surface area contributed by atoms with Gasteiger partial charge in [0, 0.05) is 43.0 Å². The van der Waals surface area contributed by atoms with Gasteiger partial charge in [-0.05, 0) is 38.1 Å². The first kappa shape index (κ1) is 23.2. The molecule has 2 aromatic rings. The van der Waals surface area contributed by atoms with E-state index < -0.39 is 12.7 Å². The van der Waals surface area contributed by atoms with Gasteiger partial charge in [-0.25, -0.2) is 14.8 Å². The van der Waals surface area contributed by atoms with E-state index >= 15 is 0 Å². The summed E-state index contributed by atoms with van der Waals surface area (Å²) in [4.78, 5) is 24.6. The van der Waals surface area contributed by atoms with Gasteiger partial charge in [-0.15, -0.1) is 0 Å². The molecule has 1 fully saturated rings. The van der Waals surface area contributed by atoms with Gasteiger partial charge in [0.05, 0.1) is 31.5 Å². The van der Waals surface area contributed by atoms with Crippen LogP contribution < -0.4 is 15.5 Å². The van der Waals surface area contributed by atoms with E-state index in [1.165, 1.54) is 4.90 Å². The number of urea groups is 1. The van der Waals surface area contributed by atoms with Crippen molar-refractivity contribution < 1.29 is 22.7 Å². The number of anilines is 2. The van der Waals surface area contributed by atoms with E-state index in [1.807, 2.05) is 13.8 Å². The predicted molar refractivity (Wildman–Crippen MR) is 118 cm³/mol. The number of carbonyl (C=O) groups excluding carboxylic acids is 1. The number of morpholine rings is 1. The monoisotopic (exact) mass is 464 g/mol. The number of rotatable bonds is 5. The Labute approximate surface area is 190 Å². The van der Waals surface area contributed by atoms with Crippen LogP contribution >= 0.6 is 0 Å². The lowest BCUT2D eigenvalue weighted by Gasteiger charge is -2.35. The quantitative estimate of drug-likeness (QED) is 0.706. The van der Waals surface area contributed by atoms with Gasteiger partial charge in [0.1, 0.15) is 5.82 Å². The molecule has 0 aliphatic carbocycles. The smallest absolute Gasteiger partial charge is 0.377 e. The van der Waals surface area contributed by atoms with Crippen LogP contribution in [0, 0.1) is 0 Å². The maximum Gasteiger partial charge on any atom is 0.401 e. The molecule has 1 saturated heterocycles. The lowest BCUT2D eigenvalue weighted by molar-refractivity contribution is -0.147. The third-order valence-electron chi connectivity index (χ3n) is 5.61. The number of amides is 2. The molecule has 33 heavy (non-hydrogen) atoms. The zero-order chi connectivity index (χ0) is 23.6. The number of alkyl halides is 3. The summed E-state index contributed by atoms with van der Waals surface area (Å²) in [6, 6.07) is 6.82. The van der Waals surface area contributed by atoms with Gasteiger partial charge in [-0.1, -0.05) is 0 Å². The summed E-state index contributed by atoms with van der Waals surface area (Å²) < 4.78 is 44.6. The molecule has 0 saturated carbocycles. The SMILES string of the molecule is CCNC(=O)Nc1ccc(-c2nc3c(c(N4CCOC[C@@H]4C)n2)CN(CC(F)(F)F)C3)cc1. The van der Waals surface area contributed by atoms with Crippen molar-refractivity contribution >= 4 is 17.5 Å². The summed E-state index contributed by atoms with van der Waals surface area (Å²) in [5.74, 6) is 1.11. The van der Waals surface area contributed by atoms with Crippen LogP contribution in [0.4, 0.5) is 29.5 Å². The van der Waals surface area contributed by atoms with Crippen LogP contribution in [0.25, 0.3) is 11.4 Å². The minimum Gasteiger partial charge on any atom is -0.377 e. The highest BCUT2D eigenvalue weighted by molar-refractivity contribution is 5.89. The van der Waals surface area contributed by atoms with Gasteiger partial charge in [0.15, 0.2) is 5.82 Å². The first-order chi connectivity index (χ1) is 15.7. The number of ether oxygens (including phenoxy) is 1. The molecule has 0 spiro atoms. The fraction of sp³-hybridized carbons (Fsp3) is 0.500. The number of carbonyl (C=O) groups is 1. The van der Waals surface area contributed by atoms with Crippen molar-refractivity contribution in [3.05, 3.63) is 35.5 Å². The van der Waals surface area contributed by atoms with E-state index in [0.29, 0.717) is 49.3 Å². The molecule has 3 heterocycles. The lowest BCUT2D eigenvalue weighted by atomic mass is 10.1. The van der Waals surface area contributed by atoms with E-state index in [2.05, 4.69) is 20.5 Å². The topological polar surface area (TPSA) is 82.6 Å². The Morgan fingerprint density at radius 2 is 1.97 bits per heavy atom. The summed E-state index contributed by atoms with van der Waals surface area (Å²) in [6.45, 7) is 5.31. The van der Waals surface area contributed by atoms with Gasteiger partial charge >= 0.3 is 12.2 Å². The number of aromatic nitrogens is 2. The zero-order valence-electron chi connectivity index (χ0n) is 18.6. The number of nitrogens with one attached hydrogen (secondary N) is 2. The number of hydrogen-bond donors (Lipinski definition) is 2. The van der Waals surface area contributed by atoms with E-state index in [4.69, 9.17) is 9.72 Å². The highest BCUT2D eigenvalue weighted by Crippen LogP contribution is 2.34. The molecule has 8 nitrogen and oxygen atoms in total. The first-order valence-corrected chi connectivity index (χ1v) is 10.9. The Morgan fingerprint density at radius 1 is 1.21 bits per heavy atom. The molecule has 178 valence electrons. The van der Waals surface area contributed by atoms with E-state index in [9.17, 15) is 18.0 Å². The molecule has 2 aliphatic rings. The number of fused-ring (bicyclic) bond motifs is 1. The summed E-state index contributed by atoms with van der Waals surface area (Å²) in [5.41, 5.74) is 2.69. The lowest BCUT2D eigenvalue weighted by Crippen LogP contribution is -2.44. The largest absolute Gasteiger partial charge is 0.401 e. The van der Waals surface area contributed by atoms with Crippen LogP contribution in [0.1, 0.15) is 25.1 Å². The van der Waals surface area contributed by atoms with Crippen molar-refractivity contribution in [2.45, 2.75) is 39.2 Å². The molecule has 4 rings (SSSR count). The minimum atomic E-state index is -4.28. The summed E-state index contributed by atoms with van der Waals surface area (Å²) in [6.07, 6.45) is -4.28. The average molecular weight is 464 g/mol. The van der Waals surface area contributed by atoms with E-state index in [-0.39, 0.29) is 25.2 Å². The van der Waals surface area contributed by atoms with E-state index in [1.54, 1.807) is 24.3 Å². The Balaban J connectivity index is 1.65. The molecule has 2 amide bonds. The molecule has 1 aromatic heterocycles. The van der Waals surface area contributed by atoms with Gasteiger partial charge in [-0.3, -0.25) is 4.90 Å². The highest BCUT2D eigenvalue weighted by Gasteiger charge is 2.36. The molecule has 0 radical (unpaired) electrons. The van der Waals surface area contributed by atoms with Crippen molar-refractivity contribution in [3.63, 3.8) is 0 Å². The van der Waals surface area contributed by atoms with Crippen molar-refractivity contribution in [2.24, 2.45) is 0 Å². The maximum absolute atomic E-state index is 13.0. The fourth-order valence-electron chi connectivity index (χ4n) is 4.11. The number of halogens is 3. The standard InChI is InChI=1S/C22H27F3N6O2/c1-3-26-21(32)27-16-6-4-15(5-7-16)19-28-18-11-30(13-22(23,24)25)10-17(18)20(29-19)31-8-9-33-12-14(31)2/h4-7,14H,3,8-13H2,1-2H3,(H2,26,27,32)/t14-/m0/s1. The average Bonchev–Trinajstić information content (AvgIpc) is 3.15.